The standard InChI is InChI=1S/C12H24N2O4/c1-3-5-7-9(6-4-2)13-12(18)14-10(8-15)11(16)17/h9-10,15H,3-8H2,1-2H3,(H,16,17)(H2,13,14,18). The summed E-state index contributed by atoms with van der Waals surface area (Å²) in [4.78, 5) is 22.2. The molecule has 18 heavy (non-hydrogen) atoms. The van der Waals surface area contributed by atoms with E-state index in [4.69, 9.17) is 10.2 Å². The monoisotopic (exact) mass is 260 g/mol. The van der Waals surface area contributed by atoms with Crippen molar-refractivity contribution in [3.8, 4) is 0 Å². The second-order valence-electron chi connectivity index (χ2n) is 4.32. The average molecular weight is 260 g/mol. The van der Waals surface area contributed by atoms with Crippen LogP contribution >= 0.6 is 0 Å². The van der Waals surface area contributed by atoms with Crippen molar-refractivity contribution in [1.82, 2.24) is 10.6 Å². The Kier molecular flexibility index (Phi) is 9.00. The van der Waals surface area contributed by atoms with Crippen LogP contribution in [0, 0.1) is 0 Å². The molecule has 2 amide bonds. The van der Waals surface area contributed by atoms with Crippen LogP contribution in [0.15, 0.2) is 0 Å². The summed E-state index contributed by atoms with van der Waals surface area (Å²) in [6.07, 6.45) is 4.78. The van der Waals surface area contributed by atoms with Crippen LogP contribution in [0.4, 0.5) is 4.79 Å². The van der Waals surface area contributed by atoms with Crippen LogP contribution in [0.1, 0.15) is 46.0 Å². The zero-order valence-corrected chi connectivity index (χ0v) is 11.1. The van der Waals surface area contributed by atoms with Crippen LogP contribution in [-0.2, 0) is 4.79 Å². The van der Waals surface area contributed by atoms with Crippen LogP contribution in [0.2, 0.25) is 0 Å². The van der Waals surface area contributed by atoms with Gasteiger partial charge in [-0.3, -0.25) is 0 Å². The fraction of sp³-hybridized carbons (Fsp3) is 0.833. The predicted octanol–water partition coefficient (Wildman–Crippen LogP) is 1.09. The van der Waals surface area contributed by atoms with Gasteiger partial charge in [-0.25, -0.2) is 9.59 Å². The molecule has 2 unspecified atom stereocenters. The molecule has 0 aliphatic carbocycles. The summed E-state index contributed by atoms with van der Waals surface area (Å²) in [5, 5.41) is 22.5. The third-order valence-corrected chi connectivity index (χ3v) is 2.66. The van der Waals surface area contributed by atoms with Crippen LogP contribution in [0.3, 0.4) is 0 Å². The van der Waals surface area contributed by atoms with E-state index >= 15 is 0 Å². The molecule has 4 N–H and O–H groups in total. The molecule has 0 aliphatic rings. The van der Waals surface area contributed by atoms with E-state index in [9.17, 15) is 9.59 Å². The lowest BCUT2D eigenvalue weighted by atomic mass is 10.1. The number of hydrogen-bond acceptors (Lipinski definition) is 3. The van der Waals surface area contributed by atoms with Gasteiger partial charge in [0.1, 0.15) is 0 Å². The molecule has 0 aromatic heterocycles. The Bertz CT molecular complexity index is 258. The van der Waals surface area contributed by atoms with E-state index in [1.54, 1.807) is 0 Å². The molecule has 0 heterocycles. The van der Waals surface area contributed by atoms with Gasteiger partial charge in [0.25, 0.3) is 0 Å². The van der Waals surface area contributed by atoms with E-state index in [1.807, 2.05) is 6.92 Å². The quantitative estimate of drug-likeness (QED) is 0.498. The van der Waals surface area contributed by atoms with E-state index in [0.717, 1.165) is 32.1 Å². The van der Waals surface area contributed by atoms with Crippen LogP contribution < -0.4 is 10.6 Å². The number of aliphatic hydroxyl groups is 1. The Morgan fingerprint density at radius 2 is 1.78 bits per heavy atom. The molecule has 0 rings (SSSR count). The molecule has 6 heteroatoms. The number of rotatable bonds is 9. The summed E-state index contributed by atoms with van der Waals surface area (Å²) in [6, 6.07) is -1.73. The van der Waals surface area contributed by atoms with Gasteiger partial charge in [-0.15, -0.1) is 0 Å². The summed E-state index contributed by atoms with van der Waals surface area (Å²) in [5.41, 5.74) is 0. The fourth-order valence-electron chi connectivity index (χ4n) is 1.66. The summed E-state index contributed by atoms with van der Waals surface area (Å²) in [5.74, 6) is -1.24. The minimum Gasteiger partial charge on any atom is -0.480 e. The Morgan fingerprint density at radius 1 is 1.11 bits per heavy atom. The van der Waals surface area contributed by atoms with Crippen LogP contribution in [0.25, 0.3) is 0 Å². The average Bonchev–Trinajstić information content (AvgIpc) is 2.32. The summed E-state index contributed by atoms with van der Waals surface area (Å²) in [6.45, 7) is 3.50. The van der Waals surface area contributed by atoms with Crippen molar-refractivity contribution in [3.05, 3.63) is 0 Å². The molecular formula is C12H24N2O4. The van der Waals surface area contributed by atoms with E-state index in [1.165, 1.54) is 0 Å². The minimum absolute atomic E-state index is 0.0584. The van der Waals surface area contributed by atoms with E-state index in [2.05, 4.69) is 17.6 Å². The fourth-order valence-corrected chi connectivity index (χ4v) is 1.66. The lowest BCUT2D eigenvalue weighted by Crippen LogP contribution is -2.50. The summed E-state index contributed by atoms with van der Waals surface area (Å²) in [7, 11) is 0. The number of carbonyl (C=O) groups is 2. The zero-order chi connectivity index (χ0) is 14.0. The third kappa shape index (κ3) is 7.11. The van der Waals surface area contributed by atoms with Gasteiger partial charge in [0.2, 0.25) is 0 Å². The van der Waals surface area contributed by atoms with Gasteiger partial charge < -0.3 is 20.8 Å². The summed E-state index contributed by atoms with van der Waals surface area (Å²) < 4.78 is 0. The number of amides is 2. The molecule has 0 saturated heterocycles. The molecule has 0 radical (unpaired) electrons. The van der Waals surface area contributed by atoms with Crippen molar-refractivity contribution < 1.29 is 19.8 Å². The second-order valence-corrected chi connectivity index (χ2v) is 4.32. The molecule has 0 fully saturated rings. The van der Waals surface area contributed by atoms with E-state index < -0.39 is 24.6 Å². The van der Waals surface area contributed by atoms with E-state index in [0.29, 0.717) is 0 Å². The first kappa shape index (κ1) is 16.7. The maximum atomic E-state index is 11.6. The highest BCUT2D eigenvalue weighted by atomic mass is 16.4. The Morgan fingerprint density at radius 3 is 2.22 bits per heavy atom. The van der Waals surface area contributed by atoms with Crippen LogP contribution in [0.5, 0.6) is 0 Å². The van der Waals surface area contributed by atoms with Gasteiger partial charge in [-0.05, 0) is 12.8 Å². The molecule has 0 aromatic carbocycles. The number of unbranched alkanes of at least 4 members (excludes halogenated alkanes) is 1. The van der Waals surface area contributed by atoms with Crippen LogP contribution in [-0.4, -0.2) is 40.9 Å². The predicted molar refractivity (Wildman–Crippen MR) is 68.4 cm³/mol. The van der Waals surface area contributed by atoms with Gasteiger partial charge in [-0.2, -0.15) is 0 Å². The minimum atomic E-state index is -1.25. The first-order valence-corrected chi connectivity index (χ1v) is 6.45. The Balaban J connectivity index is 4.18. The number of aliphatic carboxylic acids is 1. The normalized spacial score (nSPS) is 13.7. The SMILES string of the molecule is CCCCC(CCC)NC(=O)NC(CO)C(=O)O. The van der Waals surface area contributed by atoms with Crippen molar-refractivity contribution >= 4 is 12.0 Å². The molecule has 2 atom stereocenters. The van der Waals surface area contributed by atoms with Gasteiger partial charge in [0.15, 0.2) is 6.04 Å². The number of nitrogens with one attached hydrogen (secondary N) is 2. The molecule has 0 bridgehead atoms. The van der Waals surface area contributed by atoms with Gasteiger partial charge >= 0.3 is 12.0 Å². The smallest absolute Gasteiger partial charge is 0.328 e. The van der Waals surface area contributed by atoms with Crippen molar-refractivity contribution in [2.45, 2.75) is 58.0 Å². The highest BCUT2D eigenvalue weighted by molar-refractivity contribution is 5.82. The third-order valence-electron chi connectivity index (χ3n) is 2.66. The molecule has 0 spiro atoms. The van der Waals surface area contributed by atoms with Crippen molar-refractivity contribution in [2.24, 2.45) is 0 Å². The highest BCUT2D eigenvalue weighted by Gasteiger charge is 2.20. The maximum Gasteiger partial charge on any atom is 0.328 e. The number of carboxylic acid groups (broad SMARTS) is 1. The molecule has 0 aliphatic heterocycles. The zero-order valence-electron chi connectivity index (χ0n) is 11.1. The van der Waals surface area contributed by atoms with E-state index in [-0.39, 0.29) is 6.04 Å². The lowest BCUT2D eigenvalue weighted by Gasteiger charge is -2.20. The second kappa shape index (κ2) is 9.70. The molecule has 0 aromatic rings. The number of carboxylic acids is 1. The molecular weight excluding hydrogens is 236 g/mol. The topological polar surface area (TPSA) is 98.7 Å². The molecule has 106 valence electrons. The number of hydrogen-bond donors (Lipinski definition) is 4. The maximum absolute atomic E-state index is 11.6. The lowest BCUT2D eigenvalue weighted by molar-refractivity contribution is -0.140. The Hall–Kier alpha value is -1.30. The largest absolute Gasteiger partial charge is 0.480 e. The molecule has 0 saturated carbocycles. The van der Waals surface area contributed by atoms with Gasteiger partial charge in [-0.1, -0.05) is 33.1 Å². The van der Waals surface area contributed by atoms with Crippen molar-refractivity contribution in [2.75, 3.05) is 6.61 Å². The first-order valence-electron chi connectivity index (χ1n) is 6.45. The van der Waals surface area contributed by atoms with Crippen molar-refractivity contribution in [1.29, 1.82) is 0 Å². The van der Waals surface area contributed by atoms with Crippen molar-refractivity contribution in [3.63, 3.8) is 0 Å². The van der Waals surface area contributed by atoms with Gasteiger partial charge in [0, 0.05) is 6.04 Å². The molecule has 6 nitrogen and oxygen atoms in total. The summed E-state index contributed by atoms with van der Waals surface area (Å²) >= 11 is 0. The number of aliphatic hydroxyl groups excluding tert-OH is 1. The highest BCUT2D eigenvalue weighted by Crippen LogP contribution is 2.06. The number of urea groups is 1. The Labute approximate surface area is 108 Å². The number of carbonyl (C=O) groups excluding carboxylic acids is 1. The van der Waals surface area contributed by atoms with Gasteiger partial charge in [0.05, 0.1) is 6.61 Å². The first-order chi connectivity index (χ1) is 8.54.